The van der Waals surface area contributed by atoms with Gasteiger partial charge >= 0.3 is 0 Å². The van der Waals surface area contributed by atoms with Crippen molar-refractivity contribution < 1.29 is 5.11 Å². The number of fused-ring (bicyclic) bond motifs is 1. The van der Waals surface area contributed by atoms with Crippen molar-refractivity contribution in [2.45, 2.75) is 13.1 Å². The molecule has 142 valence electrons. The van der Waals surface area contributed by atoms with Gasteiger partial charge in [-0.25, -0.2) is 9.98 Å². The Morgan fingerprint density at radius 2 is 2.11 bits per heavy atom. The van der Waals surface area contributed by atoms with E-state index in [0.29, 0.717) is 24.1 Å². The number of aliphatic imine (C=N–C) groups is 1. The first-order chi connectivity index (χ1) is 13.2. The first kappa shape index (κ1) is 17.6. The molecule has 1 saturated heterocycles. The summed E-state index contributed by atoms with van der Waals surface area (Å²) < 4.78 is 1.57. The Bertz CT molecular complexity index is 888. The predicted molar refractivity (Wildman–Crippen MR) is 102 cm³/mol. The van der Waals surface area contributed by atoms with Crippen molar-refractivity contribution in [3.05, 3.63) is 52.2 Å². The van der Waals surface area contributed by atoms with Crippen LogP contribution in [-0.2, 0) is 0 Å². The second kappa shape index (κ2) is 7.45. The highest BCUT2D eigenvalue weighted by Gasteiger charge is 2.29. The zero-order valence-electron chi connectivity index (χ0n) is 15.2. The number of nitrogens with one attached hydrogen (secondary N) is 1. The zero-order chi connectivity index (χ0) is 18.8. The molecule has 0 spiro atoms. The quantitative estimate of drug-likeness (QED) is 0.778. The van der Waals surface area contributed by atoms with Crippen molar-refractivity contribution in [2.75, 3.05) is 44.6 Å². The van der Waals surface area contributed by atoms with E-state index in [4.69, 9.17) is 10.1 Å². The summed E-state index contributed by atoms with van der Waals surface area (Å²) in [5.41, 5.74) is 1.36. The van der Waals surface area contributed by atoms with Crippen LogP contribution >= 0.6 is 0 Å². The fourth-order valence-electron chi connectivity index (χ4n) is 3.47. The van der Waals surface area contributed by atoms with Crippen LogP contribution in [-0.4, -0.2) is 74.7 Å². The van der Waals surface area contributed by atoms with E-state index in [-0.39, 0.29) is 12.2 Å². The molecule has 1 fully saturated rings. The standard InChI is InChI=1S/C18H23N7O2/c1-13-11-15(27)25-16(14-3-2-4-19-12-14)21-17(22-18(25)20-13)24-7-5-23(6-8-24)9-10-26/h2-4,11-12,16,26H,5-10H2,1H3,(H,20,21,22)/t16-/m0/s1. The molecule has 2 aromatic heterocycles. The summed E-state index contributed by atoms with van der Waals surface area (Å²) in [7, 11) is 0. The van der Waals surface area contributed by atoms with Gasteiger partial charge < -0.3 is 10.0 Å². The largest absolute Gasteiger partial charge is 0.395 e. The summed E-state index contributed by atoms with van der Waals surface area (Å²) in [4.78, 5) is 30.5. The third kappa shape index (κ3) is 3.56. The first-order valence-electron chi connectivity index (χ1n) is 9.09. The van der Waals surface area contributed by atoms with E-state index < -0.39 is 6.17 Å². The van der Waals surface area contributed by atoms with E-state index in [9.17, 15) is 4.79 Å². The van der Waals surface area contributed by atoms with Gasteiger partial charge in [0.25, 0.3) is 5.56 Å². The summed E-state index contributed by atoms with van der Waals surface area (Å²) in [6, 6.07) is 5.27. The highest BCUT2D eigenvalue weighted by molar-refractivity contribution is 5.93. The molecule has 0 aliphatic carbocycles. The molecule has 9 nitrogen and oxygen atoms in total. The Morgan fingerprint density at radius 3 is 2.81 bits per heavy atom. The molecular formula is C18H23N7O2. The van der Waals surface area contributed by atoms with Gasteiger partial charge in [-0.1, -0.05) is 6.07 Å². The molecule has 4 rings (SSSR count). The number of pyridine rings is 1. The minimum absolute atomic E-state index is 0.144. The van der Waals surface area contributed by atoms with E-state index in [0.717, 1.165) is 31.7 Å². The minimum Gasteiger partial charge on any atom is -0.395 e. The normalized spacial score (nSPS) is 20.0. The second-order valence-electron chi connectivity index (χ2n) is 6.72. The van der Waals surface area contributed by atoms with E-state index >= 15 is 0 Å². The molecule has 0 unspecified atom stereocenters. The minimum atomic E-state index is -0.499. The Morgan fingerprint density at radius 1 is 1.30 bits per heavy atom. The third-order valence-electron chi connectivity index (χ3n) is 4.86. The summed E-state index contributed by atoms with van der Waals surface area (Å²) in [5.74, 6) is 1.21. The summed E-state index contributed by atoms with van der Waals surface area (Å²) in [6.07, 6.45) is 2.93. The van der Waals surface area contributed by atoms with Crippen molar-refractivity contribution in [1.29, 1.82) is 0 Å². The lowest BCUT2D eigenvalue weighted by Gasteiger charge is -2.38. The number of aromatic nitrogens is 3. The average Bonchev–Trinajstić information content (AvgIpc) is 2.68. The van der Waals surface area contributed by atoms with Gasteiger partial charge in [0.05, 0.1) is 6.61 Å². The van der Waals surface area contributed by atoms with Crippen LogP contribution in [0.1, 0.15) is 17.4 Å². The van der Waals surface area contributed by atoms with Gasteiger partial charge in [0.2, 0.25) is 11.9 Å². The molecule has 1 atom stereocenters. The molecule has 2 aromatic rings. The van der Waals surface area contributed by atoms with Crippen LogP contribution in [0.4, 0.5) is 5.95 Å². The molecule has 2 aliphatic rings. The van der Waals surface area contributed by atoms with Gasteiger partial charge in [0.15, 0.2) is 6.17 Å². The third-order valence-corrected chi connectivity index (χ3v) is 4.86. The number of hydrogen-bond donors (Lipinski definition) is 2. The Balaban J connectivity index is 1.68. The molecule has 0 aromatic carbocycles. The van der Waals surface area contributed by atoms with E-state index in [1.165, 1.54) is 6.07 Å². The van der Waals surface area contributed by atoms with Gasteiger partial charge in [-0.15, -0.1) is 0 Å². The lowest BCUT2D eigenvalue weighted by atomic mass is 10.2. The summed E-state index contributed by atoms with van der Waals surface area (Å²) in [6.45, 7) is 5.96. The Hall–Kier alpha value is -2.78. The van der Waals surface area contributed by atoms with Gasteiger partial charge in [0.1, 0.15) is 0 Å². The van der Waals surface area contributed by atoms with E-state index in [2.05, 4.69) is 25.1 Å². The highest BCUT2D eigenvalue weighted by atomic mass is 16.3. The van der Waals surface area contributed by atoms with Crippen LogP contribution in [0.2, 0.25) is 0 Å². The molecule has 2 aliphatic heterocycles. The Labute approximate surface area is 157 Å². The molecule has 2 N–H and O–H groups in total. The monoisotopic (exact) mass is 369 g/mol. The van der Waals surface area contributed by atoms with Gasteiger partial charge in [0, 0.05) is 62.4 Å². The molecule has 4 heterocycles. The van der Waals surface area contributed by atoms with Gasteiger partial charge in [-0.2, -0.15) is 0 Å². The molecule has 0 bridgehead atoms. The number of rotatable bonds is 3. The zero-order valence-corrected chi connectivity index (χ0v) is 15.2. The number of aryl methyl sites for hydroxylation is 1. The van der Waals surface area contributed by atoms with E-state index in [1.54, 1.807) is 17.0 Å². The molecule has 0 amide bonds. The van der Waals surface area contributed by atoms with Crippen LogP contribution in [0, 0.1) is 6.92 Å². The summed E-state index contributed by atoms with van der Waals surface area (Å²) >= 11 is 0. The van der Waals surface area contributed by atoms with Crippen molar-refractivity contribution in [3.63, 3.8) is 0 Å². The van der Waals surface area contributed by atoms with Crippen LogP contribution < -0.4 is 10.9 Å². The maximum absolute atomic E-state index is 12.6. The lowest BCUT2D eigenvalue weighted by molar-refractivity contribution is 0.146. The summed E-state index contributed by atoms with van der Waals surface area (Å²) in [5, 5.41) is 12.4. The highest BCUT2D eigenvalue weighted by Crippen LogP contribution is 2.25. The fraction of sp³-hybridized carbons (Fsp3) is 0.444. The van der Waals surface area contributed by atoms with Gasteiger partial charge in [-0.05, 0) is 13.0 Å². The lowest BCUT2D eigenvalue weighted by Crippen LogP contribution is -2.52. The topological polar surface area (TPSA) is 98.9 Å². The number of piperazine rings is 1. The second-order valence-corrected chi connectivity index (χ2v) is 6.72. The number of nitrogens with zero attached hydrogens (tertiary/aromatic N) is 6. The van der Waals surface area contributed by atoms with Crippen LogP contribution in [0.5, 0.6) is 0 Å². The number of aliphatic hydroxyl groups excluding tert-OH is 1. The molecule has 27 heavy (non-hydrogen) atoms. The molecular weight excluding hydrogens is 346 g/mol. The van der Waals surface area contributed by atoms with Crippen LogP contribution in [0.25, 0.3) is 0 Å². The SMILES string of the molecule is Cc1cc(=O)n2c(n1)NC(N1CCN(CCO)CC1)=N[C@@H]2c1cccnc1. The average molecular weight is 369 g/mol. The fourth-order valence-corrected chi connectivity index (χ4v) is 3.47. The number of hydrogen-bond acceptors (Lipinski definition) is 8. The van der Waals surface area contributed by atoms with E-state index in [1.807, 2.05) is 19.1 Å². The van der Waals surface area contributed by atoms with Crippen molar-refractivity contribution in [3.8, 4) is 0 Å². The maximum atomic E-state index is 12.6. The van der Waals surface area contributed by atoms with Crippen molar-refractivity contribution in [1.82, 2.24) is 24.3 Å². The number of aliphatic hydroxyl groups is 1. The molecule has 0 saturated carbocycles. The smallest absolute Gasteiger partial charge is 0.257 e. The Kier molecular flexibility index (Phi) is 4.87. The van der Waals surface area contributed by atoms with Crippen LogP contribution in [0.15, 0.2) is 40.4 Å². The number of guanidine groups is 1. The van der Waals surface area contributed by atoms with Crippen LogP contribution in [0.3, 0.4) is 0 Å². The molecule has 0 radical (unpaired) electrons. The number of anilines is 1. The maximum Gasteiger partial charge on any atom is 0.257 e. The van der Waals surface area contributed by atoms with Gasteiger partial charge in [-0.3, -0.25) is 24.6 Å². The molecule has 9 heteroatoms. The van der Waals surface area contributed by atoms with Crippen molar-refractivity contribution >= 4 is 11.9 Å². The predicted octanol–water partition coefficient (Wildman–Crippen LogP) is -0.115. The van der Waals surface area contributed by atoms with Crippen molar-refractivity contribution in [2.24, 2.45) is 4.99 Å². The first-order valence-corrected chi connectivity index (χ1v) is 9.09. The number of β-amino-alcohol motifs (C(OH)–C–C–N with tert-alkyl or cyclic N) is 1.